The highest BCUT2D eigenvalue weighted by atomic mass is 19.1. The number of nitrogens with one attached hydrogen (secondary N) is 2. The van der Waals surface area contributed by atoms with Crippen molar-refractivity contribution in [2.75, 3.05) is 5.32 Å². The number of amides is 1. The molecule has 4 nitrogen and oxygen atoms in total. The number of rotatable bonds is 3. The van der Waals surface area contributed by atoms with E-state index in [2.05, 4.69) is 15.5 Å². The molecular weight excluding hydrogens is 300 g/mol. The summed E-state index contributed by atoms with van der Waals surface area (Å²) >= 11 is 0. The van der Waals surface area contributed by atoms with Crippen LogP contribution in [-0.4, -0.2) is 16.1 Å². The largest absolute Gasteiger partial charge is 0.308 e. The average molecular weight is 315 g/mol. The molecule has 23 heavy (non-hydrogen) atoms. The molecule has 2 aromatic carbocycles. The highest BCUT2D eigenvalue weighted by molar-refractivity contribution is 6.01. The Morgan fingerprint density at radius 3 is 2.70 bits per heavy atom. The van der Waals surface area contributed by atoms with Crippen molar-refractivity contribution < 1.29 is 13.6 Å². The van der Waals surface area contributed by atoms with E-state index in [-0.39, 0.29) is 17.4 Å². The maximum atomic E-state index is 13.9. The lowest BCUT2D eigenvalue weighted by molar-refractivity contribution is -0.118. The van der Waals surface area contributed by atoms with Gasteiger partial charge in [-0.05, 0) is 35.9 Å². The predicted octanol–water partition coefficient (Wildman–Crippen LogP) is 4.10. The Labute approximate surface area is 131 Å². The first-order valence-electron chi connectivity index (χ1n) is 7.20. The number of carbonyl (C=O) groups excluding carboxylic acids is 1. The Morgan fingerprint density at radius 2 is 1.96 bits per heavy atom. The Kier molecular flexibility index (Phi) is 3.82. The topological polar surface area (TPSA) is 57.8 Å². The molecule has 0 aliphatic carbocycles. The van der Waals surface area contributed by atoms with E-state index < -0.39 is 11.6 Å². The van der Waals surface area contributed by atoms with Crippen molar-refractivity contribution in [1.82, 2.24) is 10.2 Å². The van der Waals surface area contributed by atoms with Gasteiger partial charge in [0.15, 0.2) is 5.82 Å². The molecule has 0 unspecified atom stereocenters. The second-order valence-corrected chi connectivity index (χ2v) is 5.60. The minimum atomic E-state index is -0.504. The van der Waals surface area contributed by atoms with Gasteiger partial charge in [0.2, 0.25) is 5.91 Å². The third kappa shape index (κ3) is 2.92. The Hall–Kier alpha value is -2.76. The minimum Gasteiger partial charge on any atom is -0.308 e. The summed E-state index contributed by atoms with van der Waals surface area (Å²) in [6.07, 6.45) is 0. The van der Waals surface area contributed by atoms with E-state index >= 15 is 0 Å². The van der Waals surface area contributed by atoms with Crippen LogP contribution in [0.5, 0.6) is 0 Å². The summed E-state index contributed by atoms with van der Waals surface area (Å²) in [4.78, 5) is 11.8. The molecule has 118 valence electrons. The molecule has 0 aliphatic heterocycles. The monoisotopic (exact) mass is 315 g/mol. The SMILES string of the molecule is CC(C)C(=O)Nc1n[nH]c2cc(-c3cc(F)ccc3F)ccc12. The molecule has 2 N–H and O–H groups in total. The van der Waals surface area contributed by atoms with Crippen molar-refractivity contribution in [3.63, 3.8) is 0 Å². The third-order valence-electron chi connectivity index (χ3n) is 3.57. The van der Waals surface area contributed by atoms with Crippen molar-refractivity contribution in [2.24, 2.45) is 5.92 Å². The number of halogens is 2. The van der Waals surface area contributed by atoms with Crippen molar-refractivity contribution in [3.8, 4) is 11.1 Å². The van der Waals surface area contributed by atoms with Crippen LogP contribution in [0, 0.1) is 17.6 Å². The van der Waals surface area contributed by atoms with Crippen molar-refractivity contribution in [2.45, 2.75) is 13.8 Å². The molecule has 0 atom stereocenters. The Morgan fingerprint density at radius 1 is 1.17 bits per heavy atom. The van der Waals surface area contributed by atoms with Gasteiger partial charge in [-0.3, -0.25) is 9.89 Å². The van der Waals surface area contributed by atoms with E-state index in [1.807, 2.05) is 0 Å². The molecule has 0 fully saturated rings. The number of nitrogens with zero attached hydrogens (tertiary/aromatic N) is 1. The summed E-state index contributed by atoms with van der Waals surface area (Å²) in [5.74, 6) is -0.888. The van der Waals surface area contributed by atoms with Crippen LogP contribution in [0.4, 0.5) is 14.6 Å². The summed E-state index contributed by atoms with van der Waals surface area (Å²) in [6, 6.07) is 8.37. The molecule has 1 amide bonds. The highest BCUT2D eigenvalue weighted by Gasteiger charge is 2.13. The quantitative estimate of drug-likeness (QED) is 0.764. The van der Waals surface area contributed by atoms with Crippen LogP contribution in [-0.2, 0) is 4.79 Å². The Bertz CT molecular complexity index is 887. The number of aromatic nitrogens is 2. The Balaban J connectivity index is 2.01. The standard InChI is InChI=1S/C17H15F2N3O/c1-9(2)17(23)20-16-12-5-3-10(7-15(12)21-22-16)13-8-11(18)4-6-14(13)19/h3-9H,1-2H3,(H2,20,21,22,23). The van der Waals surface area contributed by atoms with Crippen LogP contribution in [0.3, 0.4) is 0 Å². The molecular formula is C17H15F2N3O. The van der Waals surface area contributed by atoms with E-state index in [1.54, 1.807) is 32.0 Å². The van der Waals surface area contributed by atoms with Gasteiger partial charge in [0, 0.05) is 16.9 Å². The van der Waals surface area contributed by atoms with Gasteiger partial charge in [0.25, 0.3) is 0 Å². The van der Waals surface area contributed by atoms with Crippen molar-refractivity contribution in [3.05, 3.63) is 48.0 Å². The molecule has 1 aromatic heterocycles. The smallest absolute Gasteiger partial charge is 0.228 e. The van der Waals surface area contributed by atoms with Gasteiger partial charge in [-0.25, -0.2) is 8.78 Å². The zero-order valence-corrected chi connectivity index (χ0v) is 12.7. The summed E-state index contributed by atoms with van der Waals surface area (Å²) in [5, 5.41) is 10.3. The number of anilines is 1. The zero-order valence-electron chi connectivity index (χ0n) is 12.7. The van der Waals surface area contributed by atoms with E-state index in [0.29, 0.717) is 22.3 Å². The molecule has 0 aliphatic rings. The van der Waals surface area contributed by atoms with Crippen LogP contribution >= 0.6 is 0 Å². The second-order valence-electron chi connectivity index (χ2n) is 5.60. The molecule has 0 spiro atoms. The molecule has 0 bridgehead atoms. The first kappa shape index (κ1) is 15.1. The summed E-state index contributed by atoms with van der Waals surface area (Å²) in [6.45, 7) is 3.57. The van der Waals surface area contributed by atoms with E-state index in [4.69, 9.17) is 0 Å². The average Bonchev–Trinajstić information content (AvgIpc) is 2.92. The fourth-order valence-corrected chi connectivity index (χ4v) is 2.26. The maximum absolute atomic E-state index is 13.9. The van der Waals surface area contributed by atoms with E-state index in [9.17, 15) is 13.6 Å². The number of fused-ring (bicyclic) bond motifs is 1. The number of aromatic amines is 1. The normalized spacial score (nSPS) is 11.2. The number of hydrogen-bond donors (Lipinski definition) is 2. The number of benzene rings is 2. The third-order valence-corrected chi connectivity index (χ3v) is 3.57. The summed E-state index contributed by atoms with van der Waals surface area (Å²) in [5.41, 5.74) is 1.33. The first-order chi connectivity index (χ1) is 11.0. The fourth-order valence-electron chi connectivity index (χ4n) is 2.26. The molecule has 1 heterocycles. The van der Waals surface area contributed by atoms with Crippen molar-refractivity contribution >= 4 is 22.6 Å². The second kappa shape index (κ2) is 5.79. The zero-order chi connectivity index (χ0) is 16.6. The summed E-state index contributed by atoms with van der Waals surface area (Å²) in [7, 11) is 0. The molecule has 0 saturated heterocycles. The van der Waals surface area contributed by atoms with Gasteiger partial charge < -0.3 is 5.32 Å². The van der Waals surface area contributed by atoms with E-state index in [0.717, 1.165) is 18.2 Å². The van der Waals surface area contributed by atoms with Crippen molar-refractivity contribution in [1.29, 1.82) is 0 Å². The first-order valence-corrected chi connectivity index (χ1v) is 7.20. The van der Waals surface area contributed by atoms with Crippen LogP contribution < -0.4 is 5.32 Å². The van der Waals surface area contributed by atoms with Crippen LogP contribution in [0.15, 0.2) is 36.4 Å². The van der Waals surface area contributed by atoms with Crippen LogP contribution in [0.2, 0.25) is 0 Å². The molecule has 3 aromatic rings. The van der Waals surface area contributed by atoms with Crippen LogP contribution in [0.1, 0.15) is 13.8 Å². The number of hydrogen-bond acceptors (Lipinski definition) is 2. The van der Waals surface area contributed by atoms with Gasteiger partial charge in [-0.2, -0.15) is 5.10 Å². The molecule has 6 heteroatoms. The lowest BCUT2D eigenvalue weighted by Crippen LogP contribution is -2.18. The van der Waals surface area contributed by atoms with Gasteiger partial charge >= 0.3 is 0 Å². The fraction of sp³-hybridized carbons (Fsp3) is 0.176. The lowest BCUT2D eigenvalue weighted by Gasteiger charge is -2.06. The van der Waals surface area contributed by atoms with E-state index in [1.165, 1.54) is 0 Å². The maximum Gasteiger partial charge on any atom is 0.228 e. The van der Waals surface area contributed by atoms with Gasteiger partial charge in [-0.15, -0.1) is 0 Å². The van der Waals surface area contributed by atoms with Gasteiger partial charge in [0.05, 0.1) is 5.52 Å². The molecule has 0 radical (unpaired) electrons. The molecule has 3 rings (SSSR count). The highest BCUT2D eigenvalue weighted by Crippen LogP contribution is 2.29. The number of carbonyl (C=O) groups is 1. The number of H-pyrrole nitrogens is 1. The minimum absolute atomic E-state index is 0.140. The van der Waals surface area contributed by atoms with Gasteiger partial charge in [0.1, 0.15) is 11.6 Å². The predicted molar refractivity (Wildman–Crippen MR) is 84.9 cm³/mol. The van der Waals surface area contributed by atoms with Gasteiger partial charge in [-0.1, -0.05) is 19.9 Å². The van der Waals surface area contributed by atoms with Crippen LogP contribution in [0.25, 0.3) is 22.0 Å². The lowest BCUT2D eigenvalue weighted by atomic mass is 10.0. The summed E-state index contributed by atoms with van der Waals surface area (Å²) < 4.78 is 27.2. The molecule has 0 saturated carbocycles.